The van der Waals surface area contributed by atoms with Crippen molar-refractivity contribution in [3.63, 3.8) is 0 Å². The third-order valence-corrected chi connectivity index (χ3v) is 4.51. The monoisotopic (exact) mass is 508 g/mol. The van der Waals surface area contributed by atoms with Crippen molar-refractivity contribution in [3.05, 3.63) is 63.6 Å². The first-order valence-corrected chi connectivity index (χ1v) is 8.74. The molecule has 0 N–H and O–H groups in total. The van der Waals surface area contributed by atoms with Gasteiger partial charge >= 0.3 is 18.0 Å². The summed E-state index contributed by atoms with van der Waals surface area (Å²) in [4.78, 5) is 16.2. The van der Waals surface area contributed by atoms with Crippen LogP contribution in [0.2, 0.25) is 5.15 Å². The summed E-state index contributed by atoms with van der Waals surface area (Å²) in [5, 5.41) is 2.38. The van der Waals surface area contributed by atoms with Gasteiger partial charge in [-0.15, -0.1) is 0 Å². The van der Waals surface area contributed by atoms with Crippen molar-refractivity contribution in [1.29, 1.82) is 0 Å². The topological polar surface area (TPSA) is 52.7 Å². The van der Waals surface area contributed by atoms with E-state index in [0.29, 0.717) is 4.68 Å². The molecule has 0 spiro atoms. The smallest absolute Gasteiger partial charge is 0.296 e. The van der Waals surface area contributed by atoms with Crippen molar-refractivity contribution in [3.8, 4) is 17.1 Å². The molecule has 0 amide bonds. The van der Waals surface area contributed by atoms with Crippen LogP contribution in [0.4, 0.5) is 43.9 Å². The molecule has 0 fully saturated rings. The summed E-state index contributed by atoms with van der Waals surface area (Å²) in [6.45, 7) is -2.74. The predicted octanol–water partition coefficient (Wildman–Crippen LogP) is 5.00. The molecule has 0 atom stereocenters. The lowest BCUT2D eigenvalue weighted by Gasteiger charge is -2.29. The lowest BCUT2D eigenvalue weighted by Crippen LogP contribution is -2.55. The maximum atomic E-state index is 14.3. The van der Waals surface area contributed by atoms with Gasteiger partial charge in [0.25, 0.3) is 5.56 Å². The van der Waals surface area contributed by atoms with E-state index in [-0.39, 0.29) is 12.1 Å². The van der Waals surface area contributed by atoms with E-state index in [9.17, 15) is 48.7 Å². The summed E-state index contributed by atoms with van der Waals surface area (Å²) in [5.74, 6) is -18.8. The first kappa shape index (κ1) is 24.5. The summed E-state index contributed by atoms with van der Waals surface area (Å²) in [5.41, 5.74) is -4.70. The van der Waals surface area contributed by atoms with Gasteiger partial charge in [-0.25, -0.2) is 22.8 Å². The number of nitrogens with zero attached hydrogens (tertiary/aromatic N) is 4. The summed E-state index contributed by atoms with van der Waals surface area (Å²) < 4.78 is 135. The molecule has 0 saturated heterocycles. The minimum absolute atomic E-state index is 0.0352. The maximum Gasteiger partial charge on any atom is 0.459 e. The zero-order chi connectivity index (χ0) is 24.9. The van der Waals surface area contributed by atoms with Crippen molar-refractivity contribution in [1.82, 2.24) is 19.3 Å². The molecular weight excluding hydrogens is 502 g/mol. The Kier molecular flexibility index (Phi) is 5.98. The zero-order valence-corrected chi connectivity index (χ0v) is 16.2. The van der Waals surface area contributed by atoms with E-state index in [4.69, 9.17) is 11.6 Å². The van der Waals surface area contributed by atoms with Crippen LogP contribution in [0.3, 0.4) is 0 Å². The largest absolute Gasteiger partial charge is 0.459 e. The van der Waals surface area contributed by atoms with Gasteiger partial charge in [0.05, 0.1) is 17.8 Å². The van der Waals surface area contributed by atoms with E-state index in [2.05, 4.69) is 10.1 Å². The van der Waals surface area contributed by atoms with E-state index in [1.165, 1.54) is 6.07 Å². The fourth-order valence-electron chi connectivity index (χ4n) is 2.73. The van der Waals surface area contributed by atoms with Gasteiger partial charge in [0.1, 0.15) is 17.5 Å². The Morgan fingerprint density at radius 1 is 0.970 bits per heavy atom. The number of alkyl halides is 7. The van der Waals surface area contributed by atoms with Gasteiger partial charge in [0.2, 0.25) is 5.82 Å². The molecule has 0 aliphatic rings. The van der Waals surface area contributed by atoms with Crippen molar-refractivity contribution < 1.29 is 43.9 Å². The van der Waals surface area contributed by atoms with E-state index < -0.39 is 74.4 Å². The molecule has 3 aromatic rings. The van der Waals surface area contributed by atoms with Crippen LogP contribution < -0.4 is 5.56 Å². The molecule has 0 aliphatic carbocycles. The Bertz CT molecular complexity index is 1230. The lowest BCUT2D eigenvalue weighted by atomic mass is 10.1. The molecule has 2 aromatic heterocycles. The summed E-state index contributed by atoms with van der Waals surface area (Å²) >= 11 is 5.78. The molecule has 1 aromatic carbocycles. The molecule has 0 bridgehead atoms. The van der Waals surface area contributed by atoms with Crippen molar-refractivity contribution in [2.24, 2.45) is 0 Å². The van der Waals surface area contributed by atoms with Crippen LogP contribution in [0.25, 0.3) is 17.1 Å². The van der Waals surface area contributed by atoms with Gasteiger partial charge < -0.3 is 0 Å². The van der Waals surface area contributed by atoms with Crippen molar-refractivity contribution in [2.45, 2.75) is 24.6 Å². The number of benzene rings is 1. The van der Waals surface area contributed by atoms with Gasteiger partial charge in [0, 0.05) is 24.5 Å². The van der Waals surface area contributed by atoms with Crippen LogP contribution in [0.1, 0.15) is 0 Å². The molecule has 0 aliphatic heterocycles. The Morgan fingerprint density at radius 2 is 1.55 bits per heavy atom. The molecule has 0 radical (unpaired) electrons. The number of aromatic nitrogens is 4. The van der Waals surface area contributed by atoms with Gasteiger partial charge in [0.15, 0.2) is 5.15 Å². The standard InChI is InChI=1S/C17H7ClF10N4O/c18-12-11(10-8(20)4-7(19)5-9(10)21)31(6-15(22,23)16(24,25)17(26,27)28)14(33)13(30-12)32-3-1-2-29-32/h1-5H,6H2. The van der Waals surface area contributed by atoms with E-state index in [1.54, 1.807) is 0 Å². The molecule has 0 saturated carbocycles. The number of hydrogen-bond acceptors (Lipinski definition) is 3. The minimum atomic E-state index is -6.76. The molecule has 16 heteroatoms. The van der Waals surface area contributed by atoms with Crippen LogP contribution in [-0.2, 0) is 6.54 Å². The molecule has 2 heterocycles. The van der Waals surface area contributed by atoms with Crippen LogP contribution >= 0.6 is 11.6 Å². The Labute approximate surface area is 180 Å². The highest BCUT2D eigenvalue weighted by molar-refractivity contribution is 6.31. The van der Waals surface area contributed by atoms with Gasteiger partial charge in [-0.2, -0.15) is 35.8 Å². The first-order chi connectivity index (χ1) is 15.1. The quantitative estimate of drug-likeness (QED) is 0.456. The van der Waals surface area contributed by atoms with Crippen LogP contribution in [0, 0.1) is 17.5 Å². The van der Waals surface area contributed by atoms with Crippen LogP contribution in [0.15, 0.2) is 35.4 Å². The van der Waals surface area contributed by atoms with Gasteiger partial charge in [-0.3, -0.25) is 9.36 Å². The fourth-order valence-corrected chi connectivity index (χ4v) is 3.01. The van der Waals surface area contributed by atoms with E-state index in [1.807, 2.05) is 0 Å². The Hall–Kier alpha value is -3.10. The third-order valence-electron chi connectivity index (χ3n) is 4.24. The van der Waals surface area contributed by atoms with E-state index in [0.717, 1.165) is 12.4 Å². The molecule has 33 heavy (non-hydrogen) atoms. The second-order valence-corrected chi connectivity index (χ2v) is 6.80. The highest BCUT2D eigenvalue weighted by Crippen LogP contribution is 2.47. The van der Waals surface area contributed by atoms with E-state index >= 15 is 0 Å². The molecule has 178 valence electrons. The van der Waals surface area contributed by atoms with Crippen LogP contribution in [0.5, 0.6) is 0 Å². The van der Waals surface area contributed by atoms with Crippen molar-refractivity contribution in [2.75, 3.05) is 0 Å². The fraction of sp³-hybridized carbons (Fsp3) is 0.235. The average Bonchev–Trinajstić information content (AvgIpc) is 3.19. The predicted molar refractivity (Wildman–Crippen MR) is 91.9 cm³/mol. The SMILES string of the molecule is O=c1c(-n2cccn2)nc(Cl)c(-c2c(F)cc(F)cc2F)n1CC(F)(F)C(F)(F)C(F)(F)F. The first-order valence-electron chi connectivity index (χ1n) is 8.36. The second-order valence-electron chi connectivity index (χ2n) is 6.44. The Morgan fingerprint density at radius 3 is 2.03 bits per heavy atom. The molecular formula is C17H7ClF10N4O. The molecule has 0 unspecified atom stereocenters. The molecule has 5 nitrogen and oxygen atoms in total. The van der Waals surface area contributed by atoms with Gasteiger partial charge in [-0.05, 0) is 6.07 Å². The Balaban J connectivity index is 2.37. The number of rotatable bonds is 5. The normalized spacial score (nSPS) is 12.9. The van der Waals surface area contributed by atoms with Crippen LogP contribution in [-0.4, -0.2) is 37.4 Å². The maximum absolute atomic E-state index is 14.3. The zero-order valence-electron chi connectivity index (χ0n) is 15.4. The summed E-state index contributed by atoms with van der Waals surface area (Å²) in [6.07, 6.45) is -4.70. The highest BCUT2D eigenvalue weighted by Gasteiger charge is 2.73. The number of hydrogen-bond donors (Lipinski definition) is 0. The number of halogens is 11. The minimum Gasteiger partial charge on any atom is -0.296 e. The third kappa shape index (κ3) is 4.16. The second kappa shape index (κ2) is 8.04. The van der Waals surface area contributed by atoms with Crippen molar-refractivity contribution >= 4 is 11.6 Å². The average molecular weight is 509 g/mol. The lowest BCUT2D eigenvalue weighted by molar-refractivity contribution is -0.357. The highest BCUT2D eigenvalue weighted by atomic mass is 35.5. The molecule has 3 rings (SSSR count). The summed E-state index contributed by atoms with van der Waals surface area (Å²) in [7, 11) is 0. The van der Waals surface area contributed by atoms with Gasteiger partial charge in [-0.1, -0.05) is 11.6 Å². The summed E-state index contributed by atoms with van der Waals surface area (Å²) in [6, 6.07) is 1.26.